The number of hydrogen-bond donors (Lipinski definition) is 1. The Morgan fingerprint density at radius 3 is 2.73 bits per heavy atom. The van der Waals surface area contributed by atoms with Gasteiger partial charge in [-0.25, -0.2) is 9.18 Å². The molecule has 0 saturated carbocycles. The fourth-order valence-corrected chi connectivity index (χ4v) is 4.70. The van der Waals surface area contributed by atoms with Crippen molar-refractivity contribution in [1.82, 2.24) is 10.2 Å². The number of thioether (sulfide) groups is 1. The number of fused-ring (bicyclic) bond motifs is 2. The van der Waals surface area contributed by atoms with Crippen molar-refractivity contribution < 1.29 is 14.0 Å². The third kappa shape index (κ3) is 2.78. The van der Waals surface area contributed by atoms with Gasteiger partial charge in [-0.3, -0.25) is 9.69 Å². The Balaban J connectivity index is 1.51. The highest BCUT2D eigenvalue weighted by molar-refractivity contribution is 7.99. The number of nitrogens with one attached hydrogen (secondary N) is 1. The molecular weight excluding hydrogens is 351 g/mol. The zero-order chi connectivity index (χ0) is 18.1. The summed E-state index contributed by atoms with van der Waals surface area (Å²) >= 11 is 1.31. The predicted octanol–water partition coefficient (Wildman–Crippen LogP) is 3.70. The Kier molecular flexibility index (Phi) is 4.44. The Morgan fingerprint density at radius 1 is 1.12 bits per heavy atom. The van der Waals surface area contributed by atoms with Crippen molar-refractivity contribution in [3.8, 4) is 0 Å². The van der Waals surface area contributed by atoms with Crippen LogP contribution in [0.15, 0.2) is 53.4 Å². The number of imide groups is 1. The highest BCUT2D eigenvalue weighted by atomic mass is 32.2. The van der Waals surface area contributed by atoms with Gasteiger partial charge in [0, 0.05) is 17.2 Å². The molecule has 134 valence electrons. The highest BCUT2D eigenvalue weighted by Crippen LogP contribution is 2.40. The normalized spacial score (nSPS) is 21.8. The van der Waals surface area contributed by atoms with Crippen LogP contribution >= 0.6 is 11.8 Å². The summed E-state index contributed by atoms with van der Waals surface area (Å²) in [5, 5.41) is 2.94. The molecule has 1 saturated heterocycles. The summed E-state index contributed by atoms with van der Waals surface area (Å²) in [4.78, 5) is 27.4. The number of amides is 3. The molecule has 1 N–H and O–H groups in total. The van der Waals surface area contributed by atoms with E-state index in [1.165, 1.54) is 22.7 Å². The van der Waals surface area contributed by atoms with Crippen LogP contribution in [0.4, 0.5) is 9.18 Å². The van der Waals surface area contributed by atoms with E-state index in [0.717, 1.165) is 24.0 Å². The van der Waals surface area contributed by atoms with E-state index in [0.29, 0.717) is 17.1 Å². The minimum atomic E-state index is -0.936. The number of urea groups is 1. The number of nitrogens with zero attached hydrogens (tertiary/aromatic N) is 1. The van der Waals surface area contributed by atoms with Crippen LogP contribution in [0.2, 0.25) is 0 Å². The highest BCUT2D eigenvalue weighted by Gasteiger charge is 2.53. The van der Waals surface area contributed by atoms with Crippen molar-refractivity contribution in [2.24, 2.45) is 0 Å². The van der Waals surface area contributed by atoms with E-state index in [4.69, 9.17) is 0 Å². The maximum absolute atomic E-state index is 13.7. The molecule has 0 radical (unpaired) electrons. The molecule has 1 aliphatic heterocycles. The summed E-state index contributed by atoms with van der Waals surface area (Å²) in [7, 11) is 0. The molecular formula is C20H19FN2O2S. The quantitative estimate of drug-likeness (QED) is 0.659. The van der Waals surface area contributed by atoms with Crippen LogP contribution in [0, 0.1) is 5.82 Å². The summed E-state index contributed by atoms with van der Waals surface area (Å²) in [6.07, 6.45) is 2.40. The van der Waals surface area contributed by atoms with Gasteiger partial charge in [0.1, 0.15) is 11.4 Å². The van der Waals surface area contributed by atoms with Crippen LogP contribution in [-0.2, 0) is 16.8 Å². The minimum absolute atomic E-state index is 0.191. The molecule has 26 heavy (non-hydrogen) atoms. The Morgan fingerprint density at radius 2 is 1.88 bits per heavy atom. The Hall–Kier alpha value is -2.34. The van der Waals surface area contributed by atoms with Gasteiger partial charge in [0.25, 0.3) is 5.91 Å². The first-order chi connectivity index (χ1) is 12.6. The number of rotatable bonds is 4. The second-order valence-electron chi connectivity index (χ2n) is 6.58. The molecule has 4 nitrogen and oxygen atoms in total. The first-order valence-corrected chi connectivity index (χ1v) is 9.70. The van der Waals surface area contributed by atoms with Crippen LogP contribution in [-0.4, -0.2) is 29.1 Å². The van der Waals surface area contributed by atoms with Crippen molar-refractivity contribution in [2.75, 3.05) is 12.3 Å². The summed E-state index contributed by atoms with van der Waals surface area (Å²) in [6.45, 7) is 0.258. The fourth-order valence-electron chi connectivity index (χ4n) is 3.82. The van der Waals surface area contributed by atoms with Gasteiger partial charge < -0.3 is 5.32 Å². The van der Waals surface area contributed by atoms with Gasteiger partial charge in [-0.2, -0.15) is 0 Å². The number of carbonyl (C=O) groups is 2. The lowest BCUT2D eigenvalue weighted by atomic mass is 9.76. The molecule has 1 heterocycles. The molecule has 1 unspecified atom stereocenters. The molecule has 6 heteroatoms. The second-order valence-corrected chi connectivity index (χ2v) is 7.72. The molecule has 4 rings (SSSR count). The van der Waals surface area contributed by atoms with Gasteiger partial charge in [0.15, 0.2) is 0 Å². The molecule has 2 aliphatic rings. The molecule has 2 aromatic rings. The van der Waals surface area contributed by atoms with E-state index in [1.807, 2.05) is 24.3 Å². The monoisotopic (exact) mass is 370 g/mol. The van der Waals surface area contributed by atoms with Crippen molar-refractivity contribution in [3.05, 3.63) is 65.5 Å². The average molecular weight is 370 g/mol. The number of aryl methyl sites for hydroxylation is 1. The molecule has 1 fully saturated rings. The van der Waals surface area contributed by atoms with E-state index in [9.17, 15) is 14.0 Å². The summed E-state index contributed by atoms with van der Waals surface area (Å²) in [5.41, 5.74) is 1.10. The molecule has 0 aromatic heterocycles. The zero-order valence-electron chi connectivity index (χ0n) is 14.2. The zero-order valence-corrected chi connectivity index (χ0v) is 15.0. The molecule has 1 aliphatic carbocycles. The van der Waals surface area contributed by atoms with E-state index in [2.05, 4.69) is 5.32 Å². The second kappa shape index (κ2) is 6.76. The van der Waals surface area contributed by atoms with E-state index in [1.54, 1.807) is 18.2 Å². The number of carbonyl (C=O) groups excluding carboxylic acids is 2. The van der Waals surface area contributed by atoms with Crippen molar-refractivity contribution in [3.63, 3.8) is 0 Å². The fraction of sp³-hybridized carbons (Fsp3) is 0.300. The lowest BCUT2D eigenvalue weighted by Crippen LogP contribution is -2.46. The molecule has 2 aromatic carbocycles. The summed E-state index contributed by atoms with van der Waals surface area (Å²) < 4.78 is 13.7. The lowest BCUT2D eigenvalue weighted by molar-refractivity contribution is -0.132. The van der Waals surface area contributed by atoms with Gasteiger partial charge in [-0.05, 0) is 42.5 Å². The standard InChI is InChI=1S/C20H19FN2O2S/c21-16-9-3-4-10-17(16)26-13-12-23-18(24)20(22-19(23)25)11-5-7-14-6-1-2-8-15(14)20/h1-4,6,8-10H,5,7,11-13H2,(H,22,25). The Bertz CT molecular complexity index is 872. The Labute approximate surface area is 155 Å². The van der Waals surface area contributed by atoms with Gasteiger partial charge in [0.05, 0.1) is 0 Å². The first-order valence-electron chi connectivity index (χ1n) is 8.72. The maximum Gasteiger partial charge on any atom is 0.325 e. The SMILES string of the molecule is O=C1NC2(CCCc3ccccc32)C(=O)N1CCSc1ccccc1F. The smallest absolute Gasteiger partial charge is 0.319 e. The number of halogens is 1. The predicted molar refractivity (Wildman–Crippen MR) is 98.4 cm³/mol. The third-order valence-electron chi connectivity index (χ3n) is 5.06. The first kappa shape index (κ1) is 17.1. The van der Waals surface area contributed by atoms with E-state index < -0.39 is 5.54 Å². The maximum atomic E-state index is 13.7. The molecule has 1 atom stereocenters. The molecule has 1 spiro atoms. The van der Waals surface area contributed by atoms with Gasteiger partial charge in [-0.15, -0.1) is 11.8 Å². The van der Waals surface area contributed by atoms with Crippen molar-refractivity contribution >= 4 is 23.7 Å². The third-order valence-corrected chi connectivity index (χ3v) is 6.09. The number of hydrogen-bond acceptors (Lipinski definition) is 3. The van der Waals surface area contributed by atoms with Crippen LogP contribution < -0.4 is 5.32 Å². The minimum Gasteiger partial charge on any atom is -0.319 e. The van der Waals surface area contributed by atoms with Crippen molar-refractivity contribution in [1.29, 1.82) is 0 Å². The number of benzene rings is 2. The largest absolute Gasteiger partial charge is 0.325 e. The van der Waals surface area contributed by atoms with Crippen LogP contribution in [0.3, 0.4) is 0 Å². The van der Waals surface area contributed by atoms with Crippen LogP contribution in [0.1, 0.15) is 24.0 Å². The molecule has 0 bridgehead atoms. The lowest BCUT2D eigenvalue weighted by Gasteiger charge is -2.33. The van der Waals surface area contributed by atoms with Gasteiger partial charge >= 0.3 is 6.03 Å². The summed E-state index contributed by atoms with van der Waals surface area (Å²) in [6, 6.07) is 14.0. The average Bonchev–Trinajstić information content (AvgIpc) is 2.88. The van der Waals surface area contributed by atoms with Crippen molar-refractivity contribution in [2.45, 2.75) is 29.7 Å². The van der Waals surface area contributed by atoms with Crippen LogP contribution in [0.25, 0.3) is 0 Å². The summed E-state index contributed by atoms with van der Waals surface area (Å²) in [5.74, 6) is -0.0196. The van der Waals surface area contributed by atoms with Gasteiger partial charge in [0.2, 0.25) is 0 Å². The topological polar surface area (TPSA) is 49.4 Å². The molecule has 3 amide bonds. The van der Waals surface area contributed by atoms with Gasteiger partial charge in [-0.1, -0.05) is 36.4 Å². The van der Waals surface area contributed by atoms with Crippen LogP contribution in [0.5, 0.6) is 0 Å². The van der Waals surface area contributed by atoms with E-state index >= 15 is 0 Å². The van der Waals surface area contributed by atoms with E-state index in [-0.39, 0.29) is 24.3 Å².